The molecule has 2 N–H and O–H groups in total. The van der Waals surface area contributed by atoms with Crippen molar-refractivity contribution in [2.24, 2.45) is 75.6 Å². The van der Waals surface area contributed by atoms with E-state index in [-0.39, 0.29) is 255 Å². The van der Waals surface area contributed by atoms with Crippen LogP contribution in [0.4, 0.5) is 17.1 Å². The van der Waals surface area contributed by atoms with Gasteiger partial charge in [0.2, 0.25) is 23.6 Å². The van der Waals surface area contributed by atoms with Gasteiger partial charge in [-0.15, -0.1) is 53.1 Å². The minimum Gasteiger partial charge on any atom is -0.390 e. The zero-order chi connectivity index (χ0) is 95.6. The second-order valence-corrected chi connectivity index (χ2v) is 26.9. The van der Waals surface area contributed by atoms with Crippen LogP contribution in [0.3, 0.4) is 0 Å². The first-order valence-electron chi connectivity index (χ1n) is 39.0. The number of allylic oxidation sites excluding steroid dienone is 3. The number of hydrogen-bond acceptors (Lipinski definition) is 28. The van der Waals surface area contributed by atoms with Crippen molar-refractivity contribution in [1.82, 2.24) is 64.8 Å². The number of rotatable bonds is 10. The van der Waals surface area contributed by atoms with Gasteiger partial charge in [0.25, 0.3) is 23.6 Å². The Bertz CT molecular complexity index is 6500. The predicted molar refractivity (Wildman–Crippen MR) is 507 cm³/mol. The maximum Gasteiger partial charge on any atom is 0.279 e. The van der Waals surface area contributed by atoms with Crippen molar-refractivity contribution in [3.8, 4) is 0 Å². The molecule has 19 rings (SSSR count). The van der Waals surface area contributed by atoms with E-state index < -0.39 is 17.7 Å². The summed E-state index contributed by atoms with van der Waals surface area (Å²) < 4.78 is 0. The number of para-hydroxylation sites is 3. The molecule has 0 saturated heterocycles. The summed E-state index contributed by atoms with van der Waals surface area (Å²) in [6.45, 7) is 37.9. The van der Waals surface area contributed by atoms with Gasteiger partial charge in [-0.2, -0.15) is 6.07 Å². The Hall–Kier alpha value is -12.0. The standard InChI is InChI=1S/C12H11N3O.C11H9N3O.C10H7N3O.3C10H7N2O.2C9H6N3O.C8H5N4O.C6H7N3O.6Y/c1-7-8(2)15-11-9(12(16)13-3)5-4-6-10(11)14-7;1-7-6-13-9-5-3-4-8(10(9)14-7)11(15)12-2;1-11-10(14)7-3-2-4-8-9(7)13-6-5-12-8;2*1-11-10(13)8-5-6-12-9-4-2-3-7(8)9;1-11-10(13)8-4-2-3-7-5-6-12-9(7)8;1-10-9(13)6-2-4-11-7-3-5-12-8(6)7;1-10-9(13)8-6-3-2-4-7(6)11-5-12-8;1-9-8(13)7-6-5(2-3-10-6)11-4-12-7;1-8-6(10)4-2-3-9-5(4)7;;;;;;/h4-6H,3H2,1-2H3;3-6H,2H2,1H3;2-6H,1H2;2-3,6H,1,4H2;2-3,5H,1,4H2;2-3,6H,1,5H2;2,5H,1,3H2;2-3H,1,4H2;3H,1-2H2;2H,1,3H2,(H2,7,9);;;;;;/q;;;6*-1;;;;;;;. The van der Waals surface area contributed by atoms with Crippen LogP contribution in [0.25, 0.3) is 51.3 Å². The molecule has 7 aliphatic rings. The number of aliphatic imine (C=N–C) groups is 14. The molecule has 3 aliphatic carbocycles. The first-order chi connectivity index (χ1) is 64.4. The molecule has 8 aromatic heterocycles. The number of carbonyl (C=O) groups is 10. The summed E-state index contributed by atoms with van der Waals surface area (Å²) in [5.74, 6) is -3.59. The zero-order valence-corrected chi connectivity index (χ0v) is 91.8. The topological polar surface area (TPSA) is 537 Å². The van der Waals surface area contributed by atoms with Crippen molar-refractivity contribution >= 4 is 219 Å². The summed E-state index contributed by atoms with van der Waals surface area (Å²) in [6, 6.07) is 28.0. The maximum absolute atomic E-state index is 11.5. The SMILES string of the molecule is C=NC(=O)C1=CCN=C1N.C=NC(=O)c1[c-]ccc2c1N=CC2.C=NC(=O)c1[c-]cnc2c1C=CC2.C=NC(=O)c1c[c-]nc2c1C=CC2.C=NC(=O)c1c[c-]nc2c1N=CC2.C=NC(=O)c1cccc2nc(C)c(C)nc12.C=NC(=O)c1cccc2ncc(C)nc12.C=NC(=O)c1cccc2nccnc12.C=NC(=O)c1n[c-]nc2c1C=CC2.C=NC(=O)c1n[c-]nc2c1N=CC2.[Y].[Y].[Y].[Y].[Y].[Y]. The Morgan fingerprint density at radius 2 is 0.827 bits per heavy atom. The maximum atomic E-state index is 11.5. The molecule has 6 radical (unpaired) electrons. The molecular formula is C95H72N28O10Y6-6. The summed E-state index contributed by atoms with van der Waals surface area (Å²) in [5, 5.41) is 0. The molecule has 12 aromatic rings. The number of amides is 10. The quantitative estimate of drug-likeness (QED) is 0.0981. The fraction of sp³-hybridized carbons (Fsp3) is 0.105. The van der Waals surface area contributed by atoms with Crippen LogP contribution in [0.5, 0.6) is 0 Å². The van der Waals surface area contributed by atoms with E-state index in [1.165, 1.54) is 12.3 Å². The molecule has 38 nitrogen and oxygen atoms in total. The van der Waals surface area contributed by atoms with E-state index in [9.17, 15) is 47.9 Å². The van der Waals surface area contributed by atoms with Crippen LogP contribution in [0, 0.1) is 58.0 Å². The van der Waals surface area contributed by atoms with Gasteiger partial charge in [-0.25, -0.2) is 54.9 Å². The molecule has 12 heterocycles. The van der Waals surface area contributed by atoms with Gasteiger partial charge in [-0.3, -0.25) is 83.3 Å². The zero-order valence-electron chi connectivity index (χ0n) is 74.8. The summed E-state index contributed by atoms with van der Waals surface area (Å²) in [6.07, 6.45) is 39.0. The number of fused-ring (bicyclic) bond motifs is 9. The molecule has 0 spiro atoms. The summed E-state index contributed by atoms with van der Waals surface area (Å²) in [7, 11) is 0. The number of nitrogens with two attached hydrogens (primary N) is 1. The first-order valence-corrected chi connectivity index (χ1v) is 39.0. The summed E-state index contributed by atoms with van der Waals surface area (Å²) in [5.41, 5.74) is 25.0. The van der Waals surface area contributed by atoms with Crippen molar-refractivity contribution in [3.05, 3.63) is 289 Å². The van der Waals surface area contributed by atoms with E-state index in [0.29, 0.717) is 120 Å². The van der Waals surface area contributed by atoms with Gasteiger partial charge in [-0.05, 0) is 228 Å². The Morgan fingerprint density at radius 1 is 0.374 bits per heavy atom. The monoisotopic (exact) mass is 2300 g/mol. The van der Waals surface area contributed by atoms with Crippen LogP contribution in [0.15, 0.2) is 203 Å². The van der Waals surface area contributed by atoms with E-state index >= 15 is 0 Å². The van der Waals surface area contributed by atoms with Gasteiger partial charge in [0.1, 0.15) is 22.4 Å². The number of carbonyl (C=O) groups excluding carboxylic acids is 10. The third-order valence-corrected chi connectivity index (χ3v) is 18.9. The Morgan fingerprint density at radius 3 is 1.42 bits per heavy atom. The average molecular weight is 2300 g/mol. The predicted octanol–water partition coefficient (Wildman–Crippen LogP) is 11.0. The molecule has 0 atom stereocenters. The third kappa shape index (κ3) is 31.5. The van der Waals surface area contributed by atoms with Gasteiger partial charge < -0.3 is 50.2 Å². The molecule has 4 aliphatic heterocycles. The van der Waals surface area contributed by atoms with Gasteiger partial charge in [0.05, 0.1) is 62.4 Å². The van der Waals surface area contributed by atoms with Crippen LogP contribution < -0.4 is 5.73 Å². The van der Waals surface area contributed by atoms with E-state index in [1.54, 1.807) is 97.9 Å². The number of amidine groups is 1. The Labute approximate surface area is 946 Å². The van der Waals surface area contributed by atoms with Crippen LogP contribution in [-0.4, -0.2) is 222 Å². The van der Waals surface area contributed by atoms with Crippen LogP contribution >= 0.6 is 0 Å². The molecule has 0 saturated carbocycles. The van der Waals surface area contributed by atoms with Crippen molar-refractivity contribution < 1.29 is 244 Å². The first kappa shape index (κ1) is 119. The second kappa shape index (κ2) is 60.1. The minimum atomic E-state index is -0.492. The molecule has 676 valence electrons. The second-order valence-electron chi connectivity index (χ2n) is 26.9. The van der Waals surface area contributed by atoms with E-state index in [2.05, 4.69) is 239 Å². The number of pyridine rings is 3. The third-order valence-electron chi connectivity index (χ3n) is 18.9. The van der Waals surface area contributed by atoms with Crippen LogP contribution in [0.2, 0.25) is 0 Å². The number of aryl methyl sites for hydroxylation is 3. The molecule has 0 unspecified atom stereocenters. The van der Waals surface area contributed by atoms with Crippen LogP contribution in [-0.2, 0) is 240 Å². The number of aromatic nitrogens is 13. The number of benzene rings is 4. The summed E-state index contributed by atoms with van der Waals surface area (Å²) >= 11 is 0. The Balaban J connectivity index is 0.000000321. The normalized spacial score (nSPS) is 11.5. The average Bonchev–Trinajstić information content (AvgIpc) is 1.78. The van der Waals surface area contributed by atoms with Gasteiger partial charge in [0, 0.05) is 245 Å². The van der Waals surface area contributed by atoms with Crippen molar-refractivity contribution in [2.75, 3.05) is 6.54 Å². The fourth-order valence-electron chi connectivity index (χ4n) is 12.4. The Kier molecular flexibility index (Phi) is 51.6. The molecular weight excluding hydrogens is 2230 g/mol. The molecule has 0 fully saturated rings. The molecule has 44 heteroatoms. The summed E-state index contributed by atoms with van der Waals surface area (Å²) in [4.78, 5) is 214. The fourth-order valence-corrected chi connectivity index (χ4v) is 12.4. The largest absolute Gasteiger partial charge is 0.390 e. The molecule has 139 heavy (non-hydrogen) atoms. The smallest absolute Gasteiger partial charge is 0.279 e. The molecule has 0 bridgehead atoms. The number of nitrogens with zero attached hydrogens (tertiary/aromatic N) is 27. The van der Waals surface area contributed by atoms with E-state index in [1.807, 2.05) is 75.4 Å². The number of hydrogen-bond donors (Lipinski definition) is 1. The van der Waals surface area contributed by atoms with E-state index in [0.717, 1.165) is 87.8 Å². The molecule has 4 aromatic carbocycles. The van der Waals surface area contributed by atoms with Crippen molar-refractivity contribution in [3.63, 3.8) is 0 Å². The van der Waals surface area contributed by atoms with Crippen LogP contribution in [0.1, 0.15) is 161 Å². The van der Waals surface area contributed by atoms with Gasteiger partial charge in [-0.1, -0.05) is 94.6 Å². The van der Waals surface area contributed by atoms with Gasteiger partial charge >= 0.3 is 0 Å². The van der Waals surface area contributed by atoms with Crippen molar-refractivity contribution in [2.45, 2.75) is 59.3 Å². The van der Waals surface area contributed by atoms with Crippen molar-refractivity contribution in [1.29, 1.82) is 0 Å². The van der Waals surface area contributed by atoms with Gasteiger partial charge in [0.15, 0.2) is 11.8 Å². The minimum absolute atomic E-state index is 0. The molecule has 10 amide bonds. The van der Waals surface area contributed by atoms with E-state index in [4.69, 9.17) is 5.73 Å².